The molecule has 3 aromatic carbocycles. The van der Waals surface area contributed by atoms with Gasteiger partial charge in [0.05, 0.1) is 11.6 Å². The second-order valence-corrected chi connectivity index (χ2v) is 6.74. The summed E-state index contributed by atoms with van der Waals surface area (Å²) in [6.45, 7) is 0.835. The second kappa shape index (κ2) is 8.86. The molecule has 3 rings (SSSR count). The van der Waals surface area contributed by atoms with E-state index in [0.717, 1.165) is 21.3 Å². The third kappa shape index (κ3) is 5.20. The maximum absolute atomic E-state index is 13.0. The summed E-state index contributed by atoms with van der Waals surface area (Å²) in [7, 11) is 1.57. The fraction of sp³-hybridized carbons (Fsp3) is 0.143. The zero-order valence-corrected chi connectivity index (χ0v) is 16.2. The molecule has 0 aliphatic rings. The van der Waals surface area contributed by atoms with Crippen LogP contribution in [-0.4, -0.2) is 7.11 Å². The molecule has 0 spiro atoms. The minimum Gasteiger partial charge on any atom is -0.493 e. The number of benzene rings is 3. The summed E-state index contributed by atoms with van der Waals surface area (Å²) in [4.78, 5) is 0. The van der Waals surface area contributed by atoms with Crippen LogP contribution in [0.15, 0.2) is 65.1 Å². The monoisotopic (exact) mass is 433 g/mol. The number of anilines is 1. The van der Waals surface area contributed by atoms with Gasteiger partial charge in [0.25, 0.3) is 0 Å². The summed E-state index contributed by atoms with van der Waals surface area (Å²) in [6, 6.07) is 16.1. The molecule has 0 fully saturated rings. The van der Waals surface area contributed by atoms with Gasteiger partial charge in [-0.3, -0.25) is 0 Å². The largest absolute Gasteiger partial charge is 0.493 e. The lowest BCUT2D eigenvalue weighted by Gasteiger charge is -2.15. The Hall–Kier alpha value is -2.60. The lowest BCUT2D eigenvalue weighted by Crippen LogP contribution is -2.03. The van der Waals surface area contributed by atoms with Crippen molar-refractivity contribution in [3.8, 4) is 11.5 Å². The van der Waals surface area contributed by atoms with Gasteiger partial charge in [-0.15, -0.1) is 0 Å². The van der Waals surface area contributed by atoms with E-state index in [4.69, 9.17) is 9.47 Å². The van der Waals surface area contributed by atoms with Gasteiger partial charge in [-0.1, -0.05) is 12.1 Å². The van der Waals surface area contributed by atoms with E-state index >= 15 is 0 Å². The molecule has 140 valence electrons. The molecular weight excluding hydrogens is 416 g/mol. The van der Waals surface area contributed by atoms with Gasteiger partial charge >= 0.3 is 0 Å². The smallest absolute Gasteiger partial charge is 0.175 e. The van der Waals surface area contributed by atoms with Crippen molar-refractivity contribution in [1.29, 1.82) is 0 Å². The Morgan fingerprint density at radius 1 is 0.889 bits per heavy atom. The third-order valence-corrected chi connectivity index (χ3v) is 4.52. The predicted molar refractivity (Wildman–Crippen MR) is 105 cm³/mol. The normalized spacial score (nSPS) is 10.5. The summed E-state index contributed by atoms with van der Waals surface area (Å²) in [6.07, 6.45) is 0. The first-order chi connectivity index (χ1) is 13.0. The van der Waals surface area contributed by atoms with Gasteiger partial charge in [-0.25, -0.2) is 8.78 Å². The van der Waals surface area contributed by atoms with Crippen LogP contribution in [-0.2, 0) is 13.2 Å². The average molecular weight is 434 g/mol. The van der Waals surface area contributed by atoms with E-state index in [9.17, 15) is 8.78 Å². The van der Waals surface area contributed by atoms with Crippen molar-refractivity contribution in [3.05, 3.63) is 87.9 Å². The number of hydrogen-bond acceptors (Lipinski definition) is 3. The Bertz CT molecular complexity index is 899. The first-order valence-electron chi connectivity index (χ1n) is 8.28. The SMILES string of the molecule is COc1cc(CNc2ccc(F)cc2)cc(Br)c1OCc1ccc(F)cc1. The van der Waals surface area contributed by atoms with E-state index in [2.05, 4.69) is 21.2 Å². The van der Waals surface area contributed by atoms with E-state index in [1.54, 1.807) is 31.4 Å². The molecule has 27 heavy (non-hydrogen) atoms. The molecular formula is C21H18BrF2NO2. The molecule has 0 heterocycles. The Balaban J connectivity index is 1.70. The maximum Gasteiger partial charge on any atom is 0.175 e. The maximum atomic E-state index is 13.0. The van der Waals surface area contributed by atoms with Gasteiger partial charge in [-0.05, 0) is 75.6 Å². The van der Waals surface area contributed by atoms with Crippen LogP contribution in [0.2, 0.25) is 0 Å². The van der Waals surface area contributed by atoms with E-state index in [1.807, 2.05) is 12.1 Å². The van der Waals surface area contributed by atoms with Crippen molar-refractivity contribution in [2.45, 2.75) is 13.2 Å². The van der Waals surface area contributed by atoms with Crippen LogP contribution in [0.25, 0.3) is 0 Å². The molecule has 0 aromatic heterocycles. The van der Waals surface area contributed by atoms with Crippen LogP contribution in [0.3, 0.4) is 0 Å². The van der Waals surface area contributed by atoms with Crippen molar-refractivity contribution >= 4 is 21.6 Å². The summed E-state index contributed by atoms with van der Waals surface area (Å²) < 4.78 is 38.0. The van der Waals surface area contributed by atoms with E-state index in [-0.39, 0.29) is 11.6 Å². The third-order valence-electron chi connectivity index (χ3n) is 3.93. The summed E-state index contributed by atoms with van der Waals surface area (Å²) in [5, 5.41) is 3.23. The average Bonchev–Trinajstić information content (AvgIpc) is 2.67. The number of rotatable bonds is 7. The van der Waals surface area contributed by atoms with Crippen molar-refractivity contribution in [2.24, 2.45) is 0 Å². The standard InChI is InChI=1S/C21H18BrF2NO2/c1-26-20-11-15(12-25-18-8-6-17(24)7-9-18)10-19(22)21(20)27-13-14-2-4-16(23)5-3-14/h2-11,25H,12-13H2,1H3. The quantitative estimate of drug-likeness (QED) is 0.500. The van der Waals surface area contributed by atoms with Crippen LogP contribution >= 0.6 is 15.9 Å². The number of halogens is 3. The molecule has 3 aromatic rings. The highest BCUT2D eigenvalue weighted by Crippen LogP contribution is 2.37. The van der Waals surface area contributed by atoms with Crippen LogP contribution in [0, 0.1) is 11.6 Å². The van der Waals surface area contributed by atoms with Gasteiger partial charge in [0.15, 0.2) is 11.5 Å². The topological polar surface area (TPSA) is 30.5 Å². The van der Waals surface area contributed by atoms with Crippen LogP contribution in [0.1, 0.15) is 11.1 Å². The van der Waals surface area contributed by atoms with Crippen LogP contribution < -0.4 is 14.8 Å². The van der Waals surface area contributed by atoms with Gasteiger partial charge in [-0.2, -0.15) is 0 Å². The lowest BCUT2D eigenvalue weighted by atomic mass is 10.2. The van der Waals surface area contributed by atoms with Crippen LogP contribution in [0.5, 0.6) is 11.5 Å². The fourth-order valence-corrected chi connectivity index (χ4v) is 3.13. The Morgan fingerprint density at radius 3 is 2.15 bits per heavy atom. The van der Waals surface area contributed by atoms with Gasteiger partial charge in [0.2, 0.25) is 0 Å². The second-order valence-electron chi connectivity index (χ2n) is 5.88. The highest BCUT2D eigenvalue weighted by Gasteiger charge is 2.12. The zero-order chi connectivity index (χ0) is 19.2. The first-order valence-corrected chi connectivity index (χ1v) is 9.07. The molecule has 0 bridgehead atoms. The lowest BCUT2D eigenvalue weighted by molar-refractivity contribution is 0.282. The summed E-state index contributed by atoms with van der Waals surface area (Å²) >= 11 is 3.52. The van der Waals surface area contributed by atoms with Gasteiger partial charge < -0.3 is 14.8 Å². The number of nitrogens with one attached hydrogen (secondary N) is 1. The minimum atomic E-state index is -0.282. The highest BCUT2D eigenvalue weighted by atomic mass is 79.9. The minimum absolute atomic E-state index is 0.271. The molecule has 0 amide bonds. The molecule has 0 saturated heterocycles. The van der Waals surface area contributed by atoms with E-state index < -0.39 is 0 Å². The number of hydrogen-bond donors (Lipinski definition) is 1. The van der Waals surface area contributed by atoms with Crippen molar-refractivity contribution in [3.63, 3.8) is 0 Å². The molecule has 0 aliphatic heterocycles. The van der Waals surface area contributed by atoms with Crippen LogP contribution in [0.4, 0.5) is 14.5 Å². The van der Waals surface area contributed by atoms with Gasteiger partial charge in [0, 0.05) is 12.2 Å². The van der Waals surface area contributed by atoms with E-state index in [1.165, 1.54) is 24.3 Å². The molecule has 0 saturated carbocycles. The summed E-state index contributed by atoms with van der Waals surface area (Å²) in [5.74, 6) is 0.609. The number of methoxy groups -OCH3 is 1. The molecule has 3 nitrogen and oxygen atoms in total. The molecule has 0 aliphatic carbocycles. The number of ether oxygens (including phenoxy) is 2. The van der Waals surface area contributed by atoms with E-state index in [0.29, 0.717) is 24.7 Å². The van der Waals surface area contributed by atoms with Crippen molar-refractivity contribution < 1.29 is 18.3 Å². The fourth-order valence-electron chi connectivity index (χ4n) is 2.52. The molecule has 0 unspecified atom stereocenters. The Morgan fingerprint density at radius 2 is 1.52 bits per heavy atom. The Kier molecular flexibility index (Phi) is 6.29. The van der Waals surface area contributed by atoms with Crippen molar-refractivity contribution in [2.75, 3.05) is 12.4 Å². The van der Waals surface area contributed by atoms with Gasteiger partial charge in [0.1, 0.15) is 18.2 Å². The molecule has 1 N–H and O–H groups in total. The Labute approximate surface area is 165 Å². The molecule has 0 radical (unpaired) electrons. The molecule has 6 heteroatoms. The van der Waals surface area contributed by atoms with Crippen molar-refractivity contribution in [1.82, 2.24) is 0 Å². The first kappa shape index (κ1) is 19.2. The zero-order valence-electron chi connectivity index (χ0n) is 14.6. The predicted octanol–water partition coefficient (Wildman–Crippen LogP) is 5.93. The molecule has 0 atom stereocenters. The highest BCUT2D eigenvalue weighted by molar-refractivity contribution is 9.10. The summed E-state index contributed by atoms with van der Waals surface area (Å²) in [5.41, 5.74) is 2.65.